The minimum atomic E-state index is -4.34. The van der Waals surface area contributed by atoms with Crippen LogP contribution in [0.25, 0.3) is 5.57 Å². The van der Waals surface area contributed by atoms with E-state index in [4.69, 9.17) is 0 Å². The minimum absolute atomic E-state index is 0.177. The smallest absolute Gasteiger partial charge is 0.166 e. The van der Waals surface area contributed by atoms with E-state index >= 15 is 0 Å². The number of allylic oxidation sites excluding steroid dienone is 5. The zero-order valence-corrected chi connectivity index (χ0v) is 15.1. The van der Waals surface area contributed by atoms with Gasteiger partial charge in [0.1, 0.15) is 0 Å². The van der Waals surface area contributed by atoms with E-state index < -0.39 is 11.7 Å². The summed E-state index contributed by atoms with van der Waals surface area (Å²) in [5.74, 6) is 0.414. The molecule has 0 aliphatic heterocycles. The molecule has 2 atom stereocenters. The Kier molecular flexibility index (Phi) is 3.23. The Hall–Kier alpha value is -2.55. The number of alkyl halides is 3. The largest absolute Gasteiger partial charge is 0.416 e. The maximum Gasteiger partial charge on any atom is 0.416 e. The molecule has 3 aliphatic rings. The molecule has 2 unspecified atom stereocenters. The Labute approximate surface area is 156 Å². The summed E-state index contributed by atoms with van der Waals surface area (Å²) in [6.07, 6.45) is 4.20. The highest BCUT2D eigenvalue weighted by Crippen LogP contribution is 2.59. The van der Waals surface area contributed by atoms with E-state index in [1.54, 1.807) is 6.07 Å². The summed E-state index contributed by atoms with van der Waals surface area (Å²) in [7, 11) is 0. The Balaban J connectivity index is 1.85. The molecule has 3 heteroatoms. The van der Waals surface area contributed by atoms with Crippen LogP contribution in [-0.2, 0) is 11.6 Å². The van der Waals surface area contributed by atoms with Gasteiger partial charge in [0.15, 0.2) is 0 Å². The van der Waals surface area contributed by atoms with Crippen LogP contribution in [0, 0.1) is 5.92 Å². The average molecular weight is 364 g/mol. The van der Waals surface area contributed by atoms with Crippen molar-refractivity contribution in [3.8, 4) is 0 Å². The third-order valence-corrected chi connectivity index (χ3v) is 6.29. The van der Waals surface area contributed by atoms with Crippen molar-refractivity contribution in [3.63, 3.8) is 0 Å². The molecule has 2 aromatic carbocycles. The van der Waals surface area contributed by atoms with Gasteiger partial charge < -0.3 is 0 Å². The van der Waals surface area contributed by atoms with Crippen LogP contribution < -0.4 is 0 Å². The Bertz CT molecular complexity index is 1050. The van der Waals surface area contributed by atoms with Gasteiger partial charge in [-0.25, -0.2) is 0 Å². The first-order valence-corrected chi connectivity index (χ1v) is 9.21. The van der Waals surface area contributed by atoms with Crippen LogP contribution in [0.4, 0.5) is 13.2 Å². The van der Waals surface area contributed by atoms with E-state index in [2.05, 4.69) is 50.3 Å². The Morgan fingerprint density at radius 3 is 2.30 bits per heavy atom. The van der Waals surface area contributed by atoms with Gasteiger partial charge in [-0.3, -0.25) is 0 Å². The SMILES string of the molecule is CC1(C)C2=C(c3ccccc3C3C=CC=CC23)c2cc(C(F)(F)F)ccc21. The highest BCUT2D eigenvalue weighted by molar-refractivity contribution is 5.93. The third kappa shape index (κ3) is 2.17. The first-order valence-electron chi connectivity index (χ1n) is 9.21. The monoisotopic (exact) mass is 364 g/mol. The number of benzene rings is 2. The van der Waals surface area contributed by atoms with Crippen LogP contribution in [-0.4, -0.2) is 0 Å². The molecule has 2 aromatic rings. The molecular weight excluding hydrogens is 345 g/mol. The zero-order valence-electron chi connectivity index (χ0n) is 15.1. The van der Waals surface area contributed by atoms with Crippen LogP contribution in [0.5, 0.6) is 0 Å². The maximum absolute atomic E-state index is 13.4. The van der Waals surface area contributed by atoms with Gasteiger partial charge in [-0.2, -0.15) is 13.2 Å². The van der Waals surface area contributed by atoms with E-state index in [1.165, 1.54) is 23.3 Å². The average Bonchev–Trinajstić information content (AvgIpc) is 2.89. The van der Waals surface area contributed by atoms with Gasteiger partial charge in [0.05, 0.1) is 5.56 Å². The molecule has 136 valence electrons. The zero-order chi connectivity index (χ0) is 19.0. The second kappa shape index (κ2) is 5.25. The number of rotatable bonds is 0. The molecule has 0 aromatic heterocycles. The molecule has 27 heavy (non-hydrogen) atoms. The lowest BCUT2D eigenvalue weighted by Gasteiger charge is -2.38. The summed E-state index contributed by atoms with van der Waals surface area (Å²) in [5, 5.41) is 0. The fourth-order valence-electron chi connectivity index (χ4n) is 5.14. The predicted octanol–water partition coefficient (Wildman–Crippen LogP) is 6.64. The Morgan fingerprint density at radius 2 is 1.56 bits per heavy atom. The molecule has 0 amide bonds. The maximum atomic E-state index is 13.4. The number of hydrogen-bond donors (Lipinski definition) is 0. The van der Waals surface area contributed by atoms with Gasteiger partial charge in [-0.15, -0.1) is 0 Å². The van der Waals surface area contributed by atoms with Crippen molar-refractivity contribution in [2.75, 3.05) is 0 Å². The van der Waals surface area contributed by atoms with E-state index in [0.717, 1.165) is 22.3 Å². The summed E-state index contributed by atoms with van der Waals surface area (Å²) in [6, 6.07) is 12.4. The molecular formula is C24H19F3. The van der Waals surface area contributed by atoms with Crippen molar-refractivity contribution < 1.29 is 13.2 Å². The molecule has 0 fully saturated rings. The fourth-order valence-corrected chi connectivity index (χ4v) is 5.14. The Morgan fingerprint density at radius 1 is 0.852 bits per heavy atom. The standard InChI is InChI=1S/C24H19F3/c1-23(2)20-12-11-14(24(25,26)27)13-19(20)21-17-9-5-3-7-15(17)16-8-4-6-10-18(16)22(21)23/h3-13,16,18H,1-2H3. The van der Waals surface area contributed by atoms with Crippen LogP contribution in [0.15, 0.2) is 72.3 Å². The summed E-state index contributed by atoms with van der Waals surface area (Å²) in [4.78, 5) is 0. The van der Waals surface area contributed by atoms with Crippen molar-refractivity contribution in [3.05, 3.63) is 100 Å². The van der Waals surface area contributed by atoms with Crippen LogP contribution in [0.2, 0.25) is 0 Å². The first-order chi connectivity index (χ1) is 12.8. The van der Waals surface area contributed by atoms with Crippen LogP contribution >= 0.6 is 0 Å². The first kappa shape index (κ1) is 16.6. The van der Waals surface area contributed by atoms with Gasteiger partial charge in [0, 0.05) is 17.3 Å². The molecule has 0 bridgehead atoms. The van der Waals surface area contributed by atoms with E-state index in [9.17, 15) is 13.2 Å². The quantitative estimate of drug-likeness (QED) is 0.492. The molecule has 3 aliphatic carbocycles. The van der Waals surface area contributed by atoms with Gasteiger partial charge in [0.25, 0.3) is 0 Å². The number of hydrogen-bond acceptors (Lipinski definition) is 0. The third-order valence-electron chi connectivity index (χ3n) is 6.29. The topological polar surface area (TPSA) is 0 Å². The molecule has 0 saturated heterocycles. The van der Waals surface area contributed by atoms with Crippen molar-refractivity contribution in [2.45, 2.75) is 31.4 Å². The molecule has 0 radical (unpaired) electrons. The normalized spacial score (nSPS) is 24.3. The number of fused-ring (bicyclic) bond motifs is 7. The lowest BCUT2D eigenvalue weighted by Crippen LogP contribution is -2.28. The predicted molar refractivity (Wildman–Crippen MR) is 101 cm³/mol. The van der Waals surface area contributed by atoms with Gasteiger partial charge in [-0.05, 0) is 45.5 Å². The number of halogens is 3. The molecule has 0 N–H and O–H groups in total. The molecule has 5 rings (SSSR count). The molecule has 0 nitrogen and oxygen atoms in total. The van der Waals surface area contributed by atoms with Crippen molar-refractivity contribution in [1.29, 1.82) is 0 Å². The second-order valence-corrected chi connectivity index (χ2v) is 8.08. The summed E-state index contributed by atoms with van der Waals surface area (Å²) in [5.41, 5.74) is 5.34. The van der Waals surface area contributed by atoms with E-state index in [-0.39, 0.29) is 17.3 Å². The summed E-state index contributed by atoms with van der Waals surface area (Å²) < 4.78 is 40.2. The lowest BCUT2D eigenvalue weighted by atomic mass is 9.65. The second-order valence-electron chi connectivity index (χ2n) is 8.08. The van der Waals surface area contributed by atoms with Crippen LogP contribution in [0.3, 0.4) is 0 Å². The summed E-state index contributed by atoms with van der Waals surface area (Å²) >= 11 is 0. The fraction of sp³-hybridized carbons (Fsp3) is 0.250. The van der Waals surface area contributed by atoms with E-state index in [0.29, 0.717) is 0 Å². The highest BCUT2D eigenvalue weighted by atomic mass is 19.4. The molecule has 0 spiro atoms. The van der Waals surface area contributed by atoms with Crippen molar-refractivity contribution in [1.82, 2.24) is 0 Å². The van der Waals surface area contributed by atoms with Crippen molar-refractivity contribution >= 4 is 5.57 Å². The van der Waals surface area contributed by atoms with Crippen molar-refractivity contribution in [2.24, 2.45) is 5.92 Å². The van der Waals surface area contributed by atoms with Gasteiger partial charge in [0.2, 0.25) is 0 Å². The van der Waals surface area contributed by atoms with Gasteiger partial charge in [-0.1, -0.05) is 68.5 Å². The summed E-state index contributed by atoms with van der Waals surface area (Å²) in [6.45, 7) is 4.27. The lowest BCUT2D eigenvalue weighted by molar-refractivity contribution is -0.137. The molecule has 0 heterocycles. The van der Waals surface area contributed by atoms with Crippen LogP contribution in [0.1, 0.15) is 47.6 Å². The molecule has 0 saturated carbocycles. The highest BCUT2D eigenvalue weighted by Gasteiger charge is 2.47. The van der Waals surface area contributed by atoms with E-state index in [1.807, 2.05) is 12.1 Å². The van der Waals surface area contributed by atoms with Gasteiger partial charge >= 0.3 is 6.18 Å². The minimum Gasteiger partial charge on any atom is -0.166 e.